The largest absolute Gasteiger partial charge is 0.344 e. The van der Waals surface area contributed by atoms with Crippen LogP contribution in [0.3, 0.4) is 0 Å². The van der Waals surface area contributed by atoms with Crippen LogP contribution < -0.4 is 9.62 Å². The first-order chi connectivity index (χ1) is 17.2. The lowest BCUT2D eigenvalue weighted by molar-refractivity contribution is -0.120. The van der Waals surface area contributed by atoms with Crippen LogP contribution in [0, 0.1) is 13.8 Å². The first kappa shape index (κ1) is 25.5. The summed E-state index contributed by atoms with van der Waals surface area (Å²) in [5, 5.41) is 3.41. The van der Waals surface area contributed by atoms with Crippen molar-refractivity contribution < 1.29 is 13.2 Å². The lowest BCUT2D eigenvalue weighted by Gasteiger charge is -2.26. The Hall–Kier alpha value is -3.61. The van der Waals surface area contributed by atoms with Gasteiger partial charge < -0.3 is 5.32 Å². The van der Waals surface area contributed by atoms with Crippen LogP contribution in [0.4, 0.5) is 5.69 Å². The molecule has 4 rings (SSSR count). The molecule has 0 unspecified atom stereocenters. The van der Waals surface area contributed by atoms with Gasteiger partial charge in [0.25, 0.3) is 10.0 Å². The van der Waals surface area contributed by atoms with Gasteiger partial charge in [-0.2, -0.15) is 0 Å². The van der Waals surface area contributed by atoms with Crippen LogP contribution in [0.5, 0.6) is 0 Å². The molecular formula is C29H27ClN2O3S. The van der Waals surface area contributed by atoms with E-state index >= 15 is 0 Å². The van der Waals surface area contributed by atoms with Gasteiger partial charge in [0.2, 0.25) is 5.91 Å². The maximum absolute atomic E-state index is 13.7. The summed E-state index contributed by atoms with van der Waals surface area (Å²) in [4.78, 5) is 13.5. The van der Waals surface area contributed by atoms with Gasteiger partial charge in [-0.15, -0.1) is 0 Å². The zero-order chi connectivity index (χ0) is 25.7. The highest BCUT2D eigenvalue weighted by Gasteiger charge is 2.28. The SMILES string of the molecule is Cc1ccc([C@H](NC(=O)CN(c2cccc(Cl)c2)S(=O)(=O)c2ccc(C)cc2)c2ccccc2)cc1. The summed E-state index contributed by atoms with van der Waals surface area (Å²) in [6.07, 6.45) is 0. The molecule has 1 amide bonds. The van der Waals surface area contributed by atoms with Crippen molar-refractivity contribution in [3.8, 4) is 0 Å². The van der Waals surface area contributed by atoms with Gasteiger partial charge in [-0.05, 0) is 55.3 Å². The van der Waals surface area contributed by atoms with Crippen LogP contribution in [0.2, 0.25) is 5.02 Å². The number of aryl methyl sites for hydroxylation is 2. The summed E-state index contributed by atoms with van der Waals surface area (Å²) in [5.41, 5.74) is 4.14. The van der Waals surface area contributed by atoms with Crippen LogP contribution in [0.25, 0.3) is 0 Å². The molecule has 4 aromatic carbocycles. The number of nitrogens with one attached hydrogen (secondary N) is 1. The zero-order valence-corrected chi connectivity index (χ0v) is 21.6. The van der Waals surface area contributed by atoms with E-state index in [0.29, 0.717) is 10.7 Å². The fourth-order valence-electron chi connectivity index (χ4n) is 3.88. The Bertz CT molecular complexity index is 1440. The van der Waals surface area contributed by atoms with E-state index < -0.39 is 28.5 Å². The van der Waals surface area contributed by atoms with Crippen molar-refractivity contribution >= 4 is 33.2 Å². The molecule has 0 heterocycles. The highest BCUT2D eigenvalue weighted by Crippen LogP contribution is 2.27. The monoisotopic (exact) mass is 518 g/mol. The van der Waals surface area contributed by atoms with Crippen molar-refractivity contribution in [2.75, 3.05) is 10.8 Å². The Morgan fingerprint density at radius 1 is 0.806 bits per heavy atom. The fraction of sp³-hybridized carbons (Fsp3) is 0.138. The molecule has 0 spiro atoms. The Balaban J connectivity index is 1.68. The average molecular weight is 519 g/mol. The van der Waals surface area contributed by atoms with Crippen molar-refractivity contribution in [3.05, 3.63) is 130 Å². The molecule has 184 valence electrons. The van der Waals surface area contributed by atoms with Gasteiger partial charge in [-0.25, -0.2) is 8.42 Å². The van der Waals surface area contributed by atoms with Crippen molar-refractivity contribution in [1.82, 2.24) is 5.32 Å². The van der Waals surface area contributed by atoms with Gasteiger partial charge in [0.05, 0.1) is 16.6 Å². The van der Waals surface area contributed by atoms with Crippen LogP contribution >= 0.6 is 11.6 Å². The number of anilines is 1. The van der Waals surface area contributed by atoms with Crippen LogP contribution in [0.15, 0.2) is 108 Å². The van der Waals surface area contributed by atoms with E-state index in [0.717, 1.165) is 26.6 Å². The summed E-state index contributed by atoms with van der Waals surface area (Å²) >= 11 is 6.18. The smallest absolute Gasteiger partial charge is 0.264 e. The van der Waals surface area contributed by atoms with Gasteiger partial charge in [0, 0.05) is 5.02 Å². The minimum absolute atomic E-state index is 0.0963. The summed E-state index contributed by atoms with van der Waals surface area (Å²) < 4.78 is 28.4. The minimum atomic E-state index is -4.04. The fourth-order valence-corrected chi connectivity index (χ4v) is 5.48. The molecule has 5 nitrogen and oxygen atoms in total. The number of amides is 1. The quantitative estimate of drug-likeness (QED) is 0.308. The number of hydrogen-bond donors (Lipinski definition) is 1. The molecule has 0 aliphatic rings. The topological polar surface area (TPSA) is 66.5 Å². The van der Waals surface area contributed by atoms with Gasteiger partial charge in [-0.3, -0.25) is 9.10 Å². The van der Waals surface area contributed by atoms with Crippen LogP contribution in [0.1, 0.15) is 28.3 Å². The highest BCUT2D eigenvalue weighted by atomic mass is 35.5. The molecule has 0 aromatic heterocycles. The summed E-state index contributed by atoms with van der Waals surface area (Å²) in [7, 11) is -4.04. The molecule has 0 aliphatic heterocycles. The molecule has 0 fully saturated rings. The van der Waals surface area contributed by atoms with Crippen molar-refractivity contribution in [2.45, 2.75) is 24.8 Å². The Labute approximate surface area is 217 Å². The van der Waals surface area contributed by atoms with Crippen molar-refractivity contribution in [3.63, 3.8) is 0 Å². The molecule has 0 radical (unpaired) electrons. The molecule has 0 bridgehead atoms. The lowest BCUT2D eigenvalue weighted by atomic mass is 9.98. The van der Waals surface area contributed by atoms with Gasteiger partial charge >= 0.3 is 0 Å². The molecule has 0 saturated carbocycles. The summed E-state index contributed by atoms with van der Waals surface area (Å²) in [5.74, 6) is -0.444. The molecule has 4 aromatic rings. The number of rotatable bonds is 8. The second-order valence-electron chi connectivity index (χ2n) is 8.63. The molecule has 0 saturated heterocycles. The second kappa shape index (κ2) is 11.0. The summed E-state index contributed by atoms with van der Waals surface area (Å²) in [6.45, 7) is 3.47. The number of benzene rings is 4. The zero-order valence-electron chi connectivity index (χ0n) is 20.1. The van der Waals surface area contributed by atoms with E-state index in [9.17, 15) is 13.2 Å². The molecule has 7 heteroatoms. The van der Waals surface area contributed by atoms with Crippen LogP contribution in [-0.2, 0) is 14.8 Å². The first-order valence-corrected chi connectivity index (χ1v) is 13.3. The number of sulfonamides is 1. The lowest BCUT2D eigenvalue weighted by Crippen LogP contribution is -2.42. The van der Waals surface area contributed by atoms with E-state index in [1.165, 1.54) is 6.07 Å². The average Bonchev–Trinajstić information content (AvgIpc) is 2.87. The van der Waals surface area contributed by atoms with Gasteiger partial charge in [-0.1, -0.05) is 95.5 Å². The van der Waals surface area contributed by atoms with Gasteiger partial charge in [0.1, 0.15) is 6.54 Å². The second-order valence-corrected chi connectivity index (χ2v) is 10.9. The number of carbonyl (C=O) groups is 1. The number of carbonyl (C=O) groups excluding carboxylic acids is 1. The predicted octanol–water partition coefficient (Wildman–Crippen LogP) is 6.06. The Morgan fingerprint density at radius 3 is 2.00 bits per heavy atom. The normalized spacial score (nSPS) is 12.1. The van der Waals surface area contributed by atoms with Gasteiger partial charge in [0.15, 0.2) is 0 Å². The van der Waals surface area contributed by atoms with E-state index in [-0.39, 0.29) is 4.90 Å². The molecule has 1 atom stereocenters. The number of hydrogen-bond acceptors (Lipinski definition) is 3. The number of nitrogens with zero attached hydrogens (tertiary/aromatic N) is 1. The maximum atomic E-state index is 13.7. The minimum Gasteiger partial charge on any atom is -0.344 e. The third-order valence-electron chi connectivity index (χ3n) is 5.84. The van der Waals surface area contributed by atoms with Crippen molar-refractivity contribution in [2.24, 2.45) is 0 Å². The maximum Gasteiger partial charge on any atom is 0.264 e. The molecule has 1 N–H and O–H groups in total. The van der Waals surface area contributed by atoms with E-state index in [4.69, 9.17) is 11.6 Å². The predicted molar refractivity (Wildman–Crippen MR) is 145 cm³/mol. The van der Waals surface area contributed by atoms with E-state index in [1.807, 2.05) is 68.4 Å². The molecule has 0 aliphatic carbocycles. The molecular weight excluding hydrogens is 492 g/mol. The van der Waals surface area contributed by atoms with E-state index in [2.05, 4.69) is 5.32 Å². The Morgan fingerprint density at radius 2 is 1.39 bits per heavy atom. The summed E-state index contributed by atoms with van der Waals surface area (Å²) in [6, 6.07) is 30.1. The van der Waals surface area contributed by atoms with Crippen LogP contribution in [-0.4, -0.2) is 20.9 Å². The molecule has 36 heavy (non-hydrogen) atoms. The third-order valence-corrected chi connectivity index (χ3v) is 7.86. The highest BCUT2D eigenvalue weighted by molar-refractivity contribution is 7.92. The number of halogens is 1. The third kappa shape index (κ3) is 5.96. The Kier molecular flexibility index (Phi) is 7.77. The standard InChI is InChI=1S/C29H27ClN2O3S/c1-21-11-15-24(16-12-21)29(23-7-4-3-5-8-23)31-28(33)20-32(26-10-6-9-25(30)19-26)36(34,35)27-17-13-22(2)14-18-27/h3-19,29H,20H2,1-2H3,(H,31,33)/t29-/m1/s1. The first-order valence-electron chi connectivity index (χ1n) is 11.5. The van der Waals surface area contributed by atoms with E-state index in [1.54, 1.807) is 42.5 Å². The van der Waals surface area contributed by atoms with Crippen molar-refractivity contribution in [1.29, 1.82) is 0 Å².